The van der Waals surface area contributed by atoms with E-state index in [-0.39, 0.29) is 24.8 Å². The van der Waals surface area contributed by atoms with Crippen molar-refractivity contribution in [3.63, 3.8) is 0 Å². The summed E-state index contributed by atoms with van der Waals surface area (Å²) in [7, 11) is 2.30. The molecule has 138 valence electrons. The zero-order valence-corrected chi connectivity index (χ0v) is 13.7. The zero-order chi connectivity index (χ0) is 19.0. The molecule has 0 saturated heterocycles. The molecule has 0 spiro atoms. The van der Waals surface area contributed by atoms with Crippen LogP contribution in [0.2, 0.25) is 0 Å². The molecule has 0 bridgehead atoms. The molecule has 0 saturated carbocycles. The predicted octanol–water partition coefficient (Wildman–Crippen LogP) is 1.86. The van der Waals surface area contributed by atoms with Gasteiger partial charge in [-0.2, -0.15) is 13.2 Å². The highest BCUT2D eigenvalue weighted by Crippen LogP contribution is 2.29. The Morgan fingerprint density at radius 1 is 1.16 bits per heavy atom. The first-order valence-corrected chi connectivity index (χ1v) is 7.27. The fourth-order valence-corrected chi connectivity index (χ4v) is 2.04. The Morgan fingerprint density at radius 3 is 2.40 bits per heavy atom. The molecular formula is C16H18F3NO5. The number of amides is 1. The van der Waals surface area contributed by atoms with Gasteiger partial charge >= 0.3 is 18.1 Å². The molecule has 0 aromatic heterocycles. The van der Waals surface area contributed by atoms with Gasteiger partial charge in [0.05, 0.1) is 26.2 Å². The maximum atomic E-state index is 12.7. The molecule has 1 aromatic rings. The zero-order valence-electron chi connectivity index (χ0n) is 13.7. The van der Waals surface area contributed by atoms with Gasteiger partial charge < -0.3 is 14.8 Å². The van der Waals surface area contributed by atoms with E-state index < -0.39 is 35.6 Å². The van der Waals surface area contributed by atoms with Crippen molar-refractivity contribution < 1.29 is 37.0 Å². The van der Waals surface area contributed by atoms with Crippen LogP contribution in [0, 0.1) is 0 Å². The van der Waals surface area contributed by atoms with Crippen LogP contribution in [0.1, 0.15) is 24.0 Å². The van der Waals surface area contributed by atoms with Gasteiger partial charge in [0.15, 0.2) is 0 Å². The van der Waals surface area contributed by atoms with Crippen molar-refractivity contribution in [1.82, 2.24) is 5.32 Å². The summed E-state index contributed by atoms with van der Waals surface area (Å²) in [4.78, 5) is 34.8. The molecule has 6 nitrogen and oxygen atoms in total. The lowest BCUT2D eigenvalue weighted by Gasteiger charge is -2.16. The summed E-state index contributed by atoms with van der Waals surface area (Å²) in [5.41, 5.74) is -0.725. The number of halogens is 3. The second-order valence-corrected chi connectivity index (χ2v) is 5.13. The highest BCUT2D eigenvalue weighted by atomic mass is 19.4. The number of ether oxygens (including phenoxy) is 2. The number of methoxy groups -OCH3 is 2. The lowest BCUT2D eigenvalue weighted by Crippen LogP contribution is -2.42. The van der Waals surface area contributed by atoms with E-state index in [1.807, 2.05) is 0 Å². The lowest BCUT2D eigenvalue weighted by molar-refractivity contribution is -0.146. The van der Waals surface area contributed by atoms with Crippen LogP contribution in [-0.2, 0) is 36.5 Å². The van der Waals surface area contributed by atoms with Crippen molar-refractivity contribution in [2.75, 3.05) is 14.2 Å². The van der Waals surface area contributed by atoms with Crippen molar-refractivity contribution in [3.05, 3.63) is 35.4 Å². The molecule has 1 N–H and O–H groups in total. The third-order valence-corrected chi connectivity index (χ3v) is 3.30. The van der Waals surface area contributed by atoms with Crippen molar-refractivity contribution >= 4 is 17.8 Å². The highest BCUT2D eigenvalue weighted by molar-refractivity contribution is 5.86. The Labute approximate surface area is 142 Å². The van der Waals surface area contributed by atoms with Gasteiger partial charge in [-0.05, 0) is 18.1 Å². The van der Waals surface area contributed by atoms with Crippen molar-refractivity contribution in [2.24, 2.45) is 0 Å². The molecule has 0 aliphatic heterocycles. The van der Waals surface area contributed by atoms with Gasteiger partial charge in [0.25, 0.3) is 0 Å². The molecule has 25 heavy (non-hydrogen) atoms. The van der Waals surface area contributed by atoms with Crippen LogP contribution in [0.3, 0.4) is 0 Å². The SMILES string of the molecule is COC(=O)CC[C@@H](NC(=O)Cc1cccc(C(F)(F)F)c1)C(=O)OC. The Kier molecular flexibility index (Phi) is 7.41. The molecule has 1 amide bonds. The first-order chi connectivity index (χ1) is 11.7. The Morgan fingerprint density at radius 2 is 1.84 bits per heavy atom. The normalized spacial score (nSPS) is 12.2. The molecule has 0 aliphatic rings. The van der Waals surface area contributed by atoms with Crippen LogP contribution in [0.25, 0.3) is 0 Å². The molecule has 1 aromatic carbocycles. The average Bonchev–Trinajstić information content (AvgIpc) is 2.56. The van der Waals surface area contributed by atoms with E-state index in [4.69, 9.17) is 0 Å². The van der Waals surface area contributed by atoms with E-state index in [2.05, 4.69) is 14.8 Å². The third-order valence-electron chi connectivity index (χ3n) is 3.30. The summed E-state index contributed by atoms with van der Waals surface area (Å²) in [6.07, 6.45) is -5.04. The quantitative estimate of drug-likeness (QED) is 0.750. The largest absolute Gasteiger partial charge is 0.469 e. The number of carbonyl (C=O) groups excluding carboxylic acids is 3. The standard InChI is InChI=1S/C16H18F3NO5/c1-24-14(22)7-6-12(15(23)25-2)20-13(21)9-10-4-3-5-11(8-10)16(17,18)19/h3-5,8,12H,6-7,9H2,1-2H3,(H,20,21)/t12-/m1/s1. The van der Waals surface area contributed by atoms with E-state index in [1.54, 1.807) is 0 Å². The predicted molar refractivity (Wildman–Crippen MR) is 80.3 cm³/mol. The van der Waals surface area contributed by atoms with Crippen LogP contribution >= 0.6 is 0 Å². The van der Waals surface area contributed by atoms with Gasteiger partial charge in [0.2, 0.25) is 5.91 Å². The molecule has 0 aliphatic carbocycles. The molecule has 1 atom stereocenters. The number of carbonyl (C=O) groups is 3. The van der Waals surface area contributed by atoms with Gasteiger partial charge in [-0.1, -0.05) is 18.2 Å². The minimum absolute atomic E-state index is 0.0479. The van der Waals surface area contributed by atoms with Gasteiger partial charge in [-0.25, -0.2) is 4.79 Å². The van der Waals surface area contributed by atoms with Crippen molar-refractivity contribution in [1.29, 1.82) is 0 Å². The molecular weight excluding hydrogens is 343 g/mol. The van der Waals surface area contributed by atoms with E-state index in [1.165, 1.54) is 19.2 Å². The summed E-state index contributed by atoms with van der Waals surface area (Å²) >= 11 is 0. The Balaban J connectivity index is 2.74. The first kappa shape index (κ1) is 20.5. The summed E-state index contributed by atoms with van der Waals surface area (Å²) < 4.78 is 47.0. The number of esters is 2. The molecule has 0 heterocycles. The fraction of sp³-hybridized carbons (Fsp3) is 0.438. The molecule has 1 rings (SSSR count). The Hall–Kier alpha value is -2.58. The third kappa shape index (κ3) is 6.82. The number of alkyl halides is 3. The summed E-state index contributed by atoms with van der Waals surface area (Å²) in [5, 5.41) is 2.35. The monoisotopic (exact) mass is 361 g/mol. The van der Waals surface area contributed by atoms with E-state index in [0.29, 0.717) is 0 Å². The van der Waals surface area contributed by atoms with Gasteiger partial charge in [-0.15, -0.1) is 0 Å². The van der Waals surface area contributed by atoms with Gasteiger partial charge in [0, 0.05) is 6.42 Å². The molecule has 0 unspecified atom stereocenters. The second kappa shape index (κ2) is 9.05. The van der Waals surface area contributed by atoms with Gasteiger partial charge in [0.1, 0.15) is 6.04 Å². The number of rotatable bonds is 7. The highest BCUT2D eigenvalue weighted by Gasteiger charge is 2.30. The second-order valence-electron chi connectivity index (χ2n) is 5.13. The summed E-state index contributed by atoms with van der Waals surface area (Å²) in [6.45, 7) is 0. The first-order valence-electron chi connectivity index (χ1n) is 7.27. The Bertz CT molecular complexity index is 630. The lowest BCUT2D eigenvalue weighted by atomic mass is 10.1. The molecule has 0 fully saturated rings. The van der Waals surface area contributed by atoms with E-state index in [9.17, 15) is 27.6 Å². The number of hydrogen-bond acceptors (Lipinski definition) is 5. The number of hydrogen-bond donors (Lipinski definition) is 1. The van der Waals surface area contributed by atoms with Crippen molar-refractivity contribution in [2.45, 2.75) is 31.5 Å². The molecule has 0 radical (unpaired) electrons. The van der Waals surface area contributed by atoms with E-state index in [0.717, 1.165) is 19.2 Å². The maximum Gasteiger partial charge on any atom is 0.416 e. The van der Waals surface area contributed by atoms with Crippen LogP contribution in [0.15, 0.2) is 24.3 Å². The summed E-state index contributed by atoms with van der Waals surface area (Å²) in [5.74, 6) is -2.00. The smallest absolute Gasteiger partial charge is 0.416 e. The topological polar surface area (TPSA) is 81.7 Å². The van der Waals surface area contributed by atoms with E-state index >= 15 is 0 Å². The van der Waals surface area contributed by atoms with Crippen LogP contribution in [0.4, 0.5) is 13.2 Å². The minimum atomic E-state index is -4.51. The minimum Gasteiger partial charge on any atom is -0.469 e. The molecule has 9 heteroatoms. The summed E-state index contributed by atoms with van der Waals surface area (Å²) in [6, 6.07) is 3.23. The number of benzene rings is 1. The average molecular weight is 361 g/mol. The van der Waals surface area contributed by atoms with Gasteiger partial charge in [-0.3, -0.25) is 9.59 Å². The van der Waals surface area contributed by atoms with Crippen LogP contribution < -0.4 is 5.32 Å². The van der Waals surface area contributed by atoms with Crippen LogP contribution in [-0.4, -0.2) is 38.1 Å². The fourth-order valence-electron chi connectivity index (χ4n) is 2.04. The van der Waals surface area contributed by atoms with Crippen molar-refractivity contribution in [3.8, 4) is 0 Å². The maximum absolute atomic E-state index is 12.7. The van der Waals surface area contributed by atoms with Crippen LogP contribution in [0.5, 0.6) is 0 Å². The number of nitrogens with one attached hydrogen (secondary N) is 1.